The number of aromatic nitrogens is 4. The van der Waals surface area contributed by atoms with Gasteiger partial charge in [0.1, 0.15) is 12.2 Å². The molecule has 26 heavy (non-hydrogen) atoms. The average molecular weight is 373 g/mol. The van der Waals surface area contributed by atoms with Gasteiger partial charge in [-0.05, 0) is 12.1 Å². The minimum Gasteiger partial charge on any atom is -0.360 e. The van der Waals surface area contributed by atoms with Gasteiger partial charge in [-0.15, -0.1) is 10.2 Å². The molecule has 0 spiro atoms. The van der Waals surface area contributed by atoms with Crippen molar-refractivity contribution in [3.63, 3.8) is 0 Å². The zero-order valence-corrected chi connectivity index (χ0v) is 15.9. The smallest absolute Gasteiger partial charge is 0.191 e. The summed E-state index contributed by atoms with van der Waals surface area (Å²) in [5.41, 5.74) is 1.03. The van der Waals surface area contributed by atoms with Crippen molar-refractivity contribution in [3.05, 3.63) is 36.4 Å². The molecule has 0 fully saturated rings. The van der Waals surface area contributed by atoms with Crippen LogP contribution < -0.4 is 16.0 Å². The lowest BCUT2D eigenvalue weighted by atomic mass is 10.3. The molecule has 3 N–H and O–H groups in total. The lowest BCUT2D eigenvalue weighted by molar-refractivity contribution is 0.633. The summed E-state index contributed by atoms with van der Waals surface area (Å²) < 4.78 is 3.25. The Morgan fingerprint density at radius 2 is 2.04 bits per heavy atom. The molecule has 0 atom stereocenters. The molecular formula is C17H24N8S. The number of aryl methyl sites for hydroxylation is 1. The van der Waals surface area contributed by atoms with Crippen LogP contribution in [0.4, 0.5) is 5.13 Å². The Morgan fingerprint density at radius 1 is 1.19 bits per heavy atom. The summed E-state index contributed by atoms with van der Waals surface area (Å²) in [5, 5.41) is 18.9. The molecule has 8 nitrogen and oxygen atoms in total. The average Bonchev–Trinajstić information content (AvgIpc) is 3.29. The van der Waals surface area contributed by atoms with Gasteiger partial charge in [-0.2, -0.15) is 0 Å². The van der Waals surface area contributed by atoms with Gasteiger partial charge in [-0.1, -0.05) is 30.4 Å². The van der Waals surface area contributed by atoms with Crippen LogP contribution in [0.1, 0.15) is 12.7 Å². The van der Waals surface area contributed by atoms with Crippen molar-refractivity contribution >= 4 is 32.6 Å². The predicted octanol–water partition coefficient (Wildman–Crippen LogP) is 1.73. The first-order chi connectivity index (χ1) is 12.8. The van der Waals surface area contributed by atoms with Crippen LogP contribution >= 0.6 is 11.3 Å². The Morgan fingerprint density at radius 3 is 2.85 bits per heavy atom. The van der Waals surface area contributed by atoms with Gasteiger partial charge in [0.25, 0.3) is 0 Å². The second-order valence-electron chi connectivity index (χ2n) is 5.63. The van der Waals surface area contributed by atoms with Crippen LogP contribution in [0.25, 0.3) is 10.2 Å². The van der Waals surface area contributed by atoms with Gasteiger partial charge in [0.2, 0.25) is 0 Å². The first kappa shape index (κ1) is 18.1. The van der Waals surface area contributed by atoms with E-state index in [1.54, 1.807) is 24.7 Å². The molecule has 0 saturated heterocycles. The van der Waals surface area contributed by atoms with Gasteiger partial charge < -0.3 is 20.5 Å². The monoisotopic (exact) mass is 372 g/mol. The number of nitrogens with zero attached hydrogens (tertiary/aromatic N) is 5. The molecule has 2 aromatic heterocycles. The molecule has 0 aliphatic heterocycles. The molecule has 0 bridgehead atoms. The molecule has 1 aromatic carbocycles. The van der Waals surface area contributed by atoms with Crippen molar-refractivity contribution in [2.24, 2.45) is 4.99 Å². The van der Waals surface area contributed by atoms with E-state index in [2.05, 4.69) is 53.7 Å². The Labute approximate surface area is 156 Å². The zero-order valence-electron chi connectivity index (χ0n) is 15.1. The van der Waals surface area contributed by atoms with Crippen molar-refractivity contribution in [1.82, 2.24) is 30.4 Å². The fourth-order valence-electron chi connectivity index (χ4n) is 2.55. The number of anilines is 1. The van der Waals surface area contributed by atoms with E-state index in [1.165, 1.54) is 4.70 Å². The van der Waals surface area contributed by atoms with Gasteiger partial charge in [0, 0.05) is 39.6 Å². The van der Waals surface area contributed by atoms with Gasteiger partial charge >= 0.3 is 0 Å². The summed E-state index contributed by atoms with van der Waals surface area (Å²) >= 11 is 1.67. The standard InChI is InChI=1S/C17H24N8S/c1-3-15-24-22-12-25(15)11-10-20-16(18-2)19-8-9-21-17-23-13-6-4-5-7-14(13)26-17/h4-7,12H,3,8-11H2,1-2H3,(H,21,23)(H2,18,19,20). The topological polar surface area (TPSA) is 92.0 Å². The van der Waals surface area contributed by atoms with Gasteiger partial charge in [-0.3, -0.25) is 4.99 Å². The highest BCUT2D eigenvalue weighted by Gasteiger charge is 2.03. The molecular weight excluding hydrogens is 348 g/mol. The van der Waals surface area contributed by atoms with Gasteiger partial charge in [0.05, 0.1) is 10.2 Å². The second kappa shape index (κ2) is 9.14. The molecule has 138 valence electrons. The summed E-state index contributed by atoms with van der Waals surface area (Å²) in [6.45, 7) is 5.16. The highest BCUT2D eigenvalue weighted by atomic mass is 32.1. The molecule has 2 heterocycles. The molecule has 0 saturated carbocycles. The molecule has 0 aliphatic carbocycles. The summed E-state index contributed by atoms with van der Waals surface area (Å²) in [4.78, 5) is 8.80. The minimum atomic E-state index is 0.752. The molecule has 0 unspecified atom stereocenters. The fraction of sp³-hybridized carbons (Fsp3) is 0.412. The zero-order chi connectivity index (χ0) is 18.2. The number of fused-ring (bicyclic) bond motifs is 1. The maximum absolute atomic E-state index is 4.56. The first-order valence-corrected chi connectivity index (χ1v) is 9.52. The number of para-hydroxylation sites is 1. The van der Waals surface area contributed by atoms with Gasteiger partial charge in [-0.25, -0.2) is 4.98 Å². The third-order valence-electron chi connectivity index (χ3n) is 3.87. The fourth-order valence-corrected chi connectivity index (χ4v) is 3.44. The van der Waals surface area contributed by atoms with Crippen molar-refractivity contribution in [1.29, 1.82) is 0 Å². The molecule has 3 rings (SSSR count). The molecule has 0 amide bonds. The normalized spacial score (nSPS) is 11.7. The van der Waals surface area contributed by atoms with E-state index in [1.807, 2.05) is 18.2 Å². The van der Waals surface area contributed by atoms with E-state index in [0.717, 1.165) is 55.0 Å². The maximum Gasteiger partial charge on any atom is 0.191 e. The van der Waals surface area contributed by atoms with Gasteiger partial charge in [0.15, 0.2) is 11.1 Å². The van der Waals surface area contributed by atoms with E-state index in [4.69, 9.17) is 0 Å². The largest absolute Gasteiger partial charge is 0.360 e. The first-order valence-electron chi connectivity index (χ1n) is 8.70. The molecule has 9 heteroatoms. The third kappa shape index (κ3) is 4.69. The Hall–Kier alpha value is -2.68. The van der Waals surface area contributed by atoms with Crippen molar-refractivity contribution in [2.75, 3.05) is 32.0 Å². The van der Waals surface area contributed by atoms with Crippen LogP contribution in [-0.2, 0) is 13.0 Å². The van der Waals surface area contributed by atoms with Crippen LogP contribution in [0, 0.1) is 0 Å². The Kier molecular flexibility index (Phi) is 6.37. The molecule has 0 aliphatic rings. The number of benzene rings is 1. The Balaban J connectivity index is 1.37. The predicted molar refractivity (Wildman–Crippen MR) is 107 cm³/mol. The highest BCUT2D eigenvalue weighted by Crippen LogP contribution is 2.24. The SMILES string of the molecule is CCc1nncn1CCNC(=NC)NCCNc1nc2ccccc2s1. The quantitative estimate of drug-likeness (QED) is 0.317. The number of hydrogen-bond donors (Lipinski definition) is 3. The number of hydrogen-bond acceptors (Lipinski definition) is 6. The Bertz CT molecular complexity index is 820. The minimum absolute atomic E-state index is 0.752. The summed E-state index contributed by atoms with van der Waals surface area (Å²) in [6, 6.07) is 8.15. The van der Waals surface area contributed by atoms with Crippen LogP contribution in [-0.4, -0.2) is 52.4 Å². The van der Waals surface area contributed by atoms with E-state index < -0.39 is 0 Å². The summed E-state index contributed by atoms with van der Waals surface area (Å²) in [7, 11) is 1.77. The summed E-state index contributed by atoms with van der Waals surface area (Å²) in [5.74, 6) is 1.78. The van der Waals surface area contributed by atoms with Crippen LogP contribution in [0.2, 0.25) is 0 Å². The van der Waals surface area contributed by atoms with Crippen LogP contribution in [0.15, 0.2) is 35.6 Å². The number of rotatable bonds is 8. The molecule has 0 radical (unpaired) electrons. The van der Waals surface area contributed by atoms with Crippen LogP contribution in [0.3, 0.4) is 0 Å². The van der Waals surface area contributed by atoms with E-state index in [9.17, 15) is 0 Å². The van der Waals surface area contributed by atoms with E-state index in [0.29, 0.717) is 0 Å². The molecule has 3 aromatic rings. The lowest BCUT2D eigenvalue weighted by Gasteiger charge is -2.12. The number of guanidine groups is 1. The van der Waals surface area contributed by atoms with Crippen molar-refractivity contribution in [2.45, 2.75) is 19.9 Å². The number of aliphatic imine (C=N–C) groups is 1. The van der Waals surface area contributed by atoms with E-state index >= 15 is 0 Å². The highest BCUT2D eigenvalue weighted by molar-refractivity contribution is 7.22. The maximum atomic E-state index is 4.56. The number of nitrogens with one attached hydrogen (secondary N) is 3. The number of thiazole rings is 1. The van der Waals surface area contributed by atoms with Crippen molar-refractivity contribution < 1.29 is 0 Å². The summed E-state index contributed by atoms with van der Waals surface area (Å²) in [6.07, 6.45) is 2.64. The van der Waals surface area contributed by atoms with E-state index in [-0.39, 0.29) is 0 Å². The lowest BCUT2D eigenvalue weighted by Crippen LogP contribution is -2.40. The second-order valence-corrected chi connectivity index (χ2v) is 6.66. The van der Waals surface area contributed by atoms with Crippen LogP contribution in [0.5, 0.6) is 0 Å². The van der Waals surface area contributed by atoms with Crippen molar-refractivity contribution in [3.8, 4) is 0 Å². The third-order valence-corrected chi connectivity index (χ3v) is 4.86.